The third-order valence-electron chi connectivity index (χ3n) is 3.18. The molecule has 1 aromatic rings. The molecule has 0 aliphatic carbocycles. The summed E-state index contributed by atoms with van der Waals surface area (Å²) in [5.41, 5.74) is -0.651. The number of sulfonamides is 1. The van der Waals surface area contributed by atoms with E-state index in [1.165, 1.54) is 18.2 Å². The largest absolute Gasteiger partial charge is 0.424 e. The van der Waals surface area contributed by atoms with Crippen LogP contribution in [0.1, 0.15) is 44.5 Å². The van der Waals surface area contributed by atoms with Gasteiger partial charge in [0.1, 0.15) is 0 Å². The van der Waals surface area contributed by atoms with Crippen molar-refractivity contribution in [2.45, 2.75) is 34.1 Å². The fourth-order valence-corrected chi connectivity index (χ4v) is 2.29. The van der Waals surface area contributed by atoms with Crippen LogP contribution in [-0.4, -0.2) is 38.9 Å². The van der Waals surface area contributed by atoms with Gasteiger partial charge in [-0.25, -0.2) is 8.42 Å². The average Bonchev–Trinajstić information content (AvgIpc) is 2.51. The van der Waals surface area contributed by atoms with E-state index < -0.39 is 27.2 Å². The normalized spacial score (nSPS) is 11.1. The molecule has 0 atom stereocenters. The number of nitrogens with one attached hydrogen (secondary N) is 2. The van der Waals surface area contributed by atoms with Crippen LogP contribution >= 0.6 is 12.4 Å². The van der Waals surface area contributed by atoms with E-state index in [4.69, 9.17) is 4.74 Å². The van der Waals surface area contributed by atoms with Crippen LogP contribution in [0.2, 0.25) is 0 Å². The molecule has 0 aliphatic rings. The Kier molecular flexibility index (Phi) is 8.94. The minimum atomic E-state index is -3.67. The molecule has 1 rings (SSSR count). The number of ether oxygens (including phenoxy) is 1. The van der Waals surface area contributed by atoms with Crippen molar-refractivity contribution in [2.75, 3.05) is 17.5 Å². The Morgan fingerprint density at radius 3 is 2.22 bits per heavy atom. The molecule has 10 heteroatoms. The summed E-state index contributed by atoms with van der Waals surface area (Å²) >= 11 is 0. The Morgan fingerprint density at radius 1 is 1.15 bits per heavy atom. The number of ketones is 1. The second-order valence-corrected chi connectivity index (χ2v) is 8.53. The maximum absolute atomic E-state index is 12.2. The van der Waals surface area contributed by atoms with E-state index in [9.17, 15) is 22.8 Å². The first-order chi connectivity index (χ1) is 11.8. The van der Waals surface area contributed by atoms with Gasteiger partial charge in [-0.1, -0.05) is 6.92 Å². The van der Waals surface area contributed by atoms with Crippen LogP contribution in [0, 0.1) is 5.41 Å². The van der Waals surface area contributed by atoms with E-state index in [1.54, 1.807) is 27.7 Å². The quantitative estimate of drug-likeness (QED) is 0.396. The van der Waals surface area contributed by atoms with Crippen molar-refractivity contribution in [3.8, 4) is 5.75 Å². The Hall–Kier alpha value is -2.13. The standard InChI is InChI=1S/C17H24N2O6S.ClH/c1-6-15(21)18-10-13(20)11-7-8-14(25-16(22)17(2,3)4)12(9-11)19-26(5,23)24;/h7-9,19H,6,10H2,1-5H3,(H,18,21);1H. The molecule has 0 spiro atoms. The molecule has 0 unspecified atom stereocenters. The molecule has 152 valence electrons. The van der Waals surface area contributed by atoms with Gasteiger partial charge in [-0.15, -0.1) is 12.4 Å². The van der Waals surface area contributed by atoms with Crippen LogP contribution in [0.25, 0.3) is 0 Å². The Morgan fingerprint density at radius 2 is 1.74 bits per heavy atom. The predicted octanol–water partition coefficient (Wildman–Crippen LogP) is 2.14. The Bertz CT molecular complexity index is 815. The molecule has 0 saturated carbocycles. The molecule has 8 nitrogen and oxygen atoms in total. The number of amides is 1. The first-order valence-corrected chi connectivity index (χ1v) is 9.86. The molecule has 0 aliphatic heterocycles. The van der Waals surface area contributed by atoms with E-state index in [0.717, 1.165) is 6.26 Å². The minimum Gasteiger partial charge on any atom is -0.424 e. The highest BCUT2D eigenvalue weighted by atomic mass is 35.5. The van der Waals surface area contributed by atoms with Crippen LogP contribution < -0.4 is 14.8 Å². The highest BCUT2D eigenvalue weighted by Gasteiger charge is 2.25. The summed E-state index contributed by atoms with van der Waals surface area (Å²) in [7, 11) is -3.67. The lowest BCUT2D eigenvalue weighted by molar-refractivity contribution is -0.142. The number of benzene rings is 1. The molecule has 1 amide bonds. The van der Waals surface area contributed by atoms with Crippen LogP contribution in [-0.2, 0) is 19.6 Å². The summed E-state index contributed by atoms with van der Waals surface area (Å²) in [6, 6.07) is 4.01. The summed E-state index contributed by atoms with van der Waals surface area (Å²) in [5, 5.41) is 2.45. The van der Waals surface area contributed by atoms with Crippen molar-refractivity contribution in [1.29, 1.82) is 0 Å². The monoisotopic (exact) mass is 420 g/mol. The number of anilines is 1. The van der Waals surface area contributed by atoms with Crippen LogP contribution in [0.15, 0.2) is 18.2 Å². The van der Waals surface area contributed by atoms with E-state index in [1.807, 2.05) is 0 Å². The zero-order valence-electron chi connectivity index (χ0n) is 15.9. The smallest absolute Gasteiger partial charge is 0.316 e. The summed E-state index contributed by atoms with van der Waals surface area (Å²) in [6.45, 7) is 6.42. The SMILES string of the molecule is CCC(=O)NCC(=O)c1ccc(OC(=O)C(C)(C)C)c(NS(C)(=O)=O)c1.Cl. The van der Waals surface area contributed by atoms with Gasteiger partial charge in [0, 0.05) is 12.0 Å². The van der Waals surface area contributed by atoms with Crippen molar-refractivity contribution in [3.05, 3.63) is 23.8 Å². The second-order valence-electron chi connectivity index (χ2n) is 6.78. The molecule has 0 heterocycles. The molecule has 1 aromatic carbocycles. The van der Waals surface area contributed by atoms with Gasteiger partial charge in [-0.05, 0) is 39.0 Å². The molecular formula is C17H25ClN2O6S. The zero-order valence-corrected chi connectivity index (χ0v) is 17.5. The minimum absolute atomic E-state index is 0. The number of Topliss-reactive ketones (excluding diaryl/α,β-unsaturated/α-hetero) is 1. The topological polar surface area (TPSA) is 119 Å². The molecule has 27 heavy (non-hydrogen) atoms. The third kappa shape index (κ3) is 8.40. The molecule has 0 fully saturated rings. The molecule has 0 aromatic heterocycles. The van der Waals surface area contributed by atoms with E-state index in [-0.39, 0.29) is 48.3 Å². The fraction of sp³-hybridized carbons (Fsp3) is 0.471. The van der Waals surface area contributed by atoms with Crippen molar-refractivity contribution < 1.29 is 27.5 Å². The maximum Gasteiger partial charge on any atom is 0.316 e. The van der Waals surface area contributed by atoms with Gasteiger partial charge in [0.25, 0.3) is 0 Å². The van der Waals surface area contributed by atoms with Gasteiger partial charge in [0.05, 0.1) is 23.9 Å². The maximum atomic E-state index is 12.2. The molecule has 2 N–H and O–H groups in total. The van der Waals surface area contributed by atoms with Crippen molar-refractivity contribution in [2.24, 2.45) is 5.41 Å². The van der Waals surface area contributed by atoms with Gasteiger partial charge in [-0.3, -0.25) is 19.1 Å². The van der Waals surface area contributed by atoms with Crippen molar-refractivity contribution >= 4 is 45.8 Å². The molecule has 0 saturated heterocycles. The highest BCUT2D eigenvalue weighted by molar-refractivity contribution is 7.92. The van der Waals surface area contributed by atoms with Crippen molar-refractivity contribution in [1.82, 2.24) is 5.32 Å². The van der Waals surface area contributed by atoms with Crippen molar-refractivity contribution in [3.63, 3.8) is 0 Å². The van der Waals surface area contributed by atoms with Crippen LogP contribution in [0.3, 0.4) is 0 Å². The first-order valence-electron chi connectivity index (χ1n) is 7.97. The lowest BCUT2D eigenvalue weighted by atomic mass is 9.97. The lowest BCUT2D eigenvalue weighted by Gasteiger charge is -2.18. The van der Waals surface area contributed by atoms with Crippen LogP contribution in [0.5, 0.6) is 5.75 Å². The van der Waals surface area contributed by atoms with Crippen LogP contribution in [0.4, 0.5) is 5.69 Å². The van der Waals surface area contributed by atoms with E-state index >= 15 is 0 Å². The number of rotatable bonds is 7. The average molecular weight is 421 g/mol. The molecule has 0 bridgehead atoms. The Labute approximate surface area is 165 Å². The highest BCUT2D eigenvalue weighted by Crippen LogP contribution is 2.29. The number of halogens is 1. The van der Waals surface area contributed by atoms with Gasteiger partial charge in [0.2, 0.25) is 15.9 Å². The third-order valence-corrected chi connectivity index (χ3v) is 3.77. The molecule has 0 radical (unpaired) electrons. The summed E-state index contributed by atoms with van der Waals surface area (Å²) in [4.78, 5) is 35.5. The number of esters is 1. The Balaban J connectivity index is 0.00000676. The number of carbonyl (C=O) groups excluding carboxylic acids is 3. The number of hydrogen-bond donors (Lipinski definition) is 2. The summed E-state index contributed by atoms with van der Waals surface area (Å²) in [6.07, 6.45) is 1.19. The molecular weight excluding hydrogens is 396 g/mol. The number of carbonyl (C=O) groups is 3. The first kappa shape index (κ1) is 24.9. The number of hydrogen-bond acceptors (Lipinski definition) is 6. The fourth-order valence-electron chi connectivity index (χ4n) is 1.73. The summed E-state index contributed by atoms with van der Waals surface area (Å²) < 4.78 is 30.6. The lowest BCUT2D eigenvalue weighted by Crippen LogP contribution is -2.29. The second kappa shape index (κ2) is 9.70. The van der Waals surface area contributed by atoms with E-state index in [2.05, 4.69) is 10.0 Å². The predicted molar refractivity (Wildman–Crippen MR) is 105 cm³/mol. The van der Waals surface area contributed by atoms with Gasteiger partial charge in [-0.2, -0.15) is 0 Å². The van der Waals surface area contributed by atoms with Gasteiger partial charge in [0.15, 0.2) is 11.5 Å². The van der Waals surface area contributed by atoms with E-state index in [0.29, 0.717) is 0 Å². The van der Waals surface area contributed by atoms with Gasteiger partial charge < -0.3 is 10.1 Å². The summed E-state index contributed by atoms with van der Waals surface area (Å²) in [5.74, 6) is -1.24. The van der Waals surface area contributed by atoms with Gasteiger partial charge >= 0.3 is 5.97 Å². The zero-order chi connectivity index (χ0) is 20.1.